The maximum Gasteiger partial charge on any atom is 0.277 e. The molecular weight excluding hydrogens is 394 g/mol. The molecule has 0 saturated carbocycles. The number of hydrazine groups is 1. The average molecular weight is 405 g/mol. The average Bonchev–Trinajstić information content (AvgIpc) is 2.66. The smallest absolute Gasteiger partial charge is 0.277 e. The van der Waals surface area contributed by atoms with Crippen LogP contribution in [-0.4, -0.2) is 31.9 Å². The van der Waals surface area contributed by atoms with Crippen molar-refractivity contribution in [1.82, 2.24) is 16.2 Å². The van der Waals surface area contributed by atoms with E-state index in [-0.39, 0.29) is 22.0 Å². The van der Waals surface area contributed by atoms with E-state index in [2.05, 4.69) is 16.2 Å². The van der Waals surface area contributed by atoms with Crippen molar-refractivity contribution in [1.29, 1.82) is 0 Å². The number of amides is 2. The van der Waals surface area contributed by atoms with E-state index in [1.165, 1.54) is 24.3 Å². The van der Waals surface area contributed by atoms with Crippen molar-refractivity contribution in [3.63, 3.8) is 0 Å². The van der Waals surface area contributed by atoms with Crippen LogP contribution in [0.4, 0.5) is 11.4 Å². The first kappa shape index (κ1) is 20.2. The number of nitro benzene ring substituents is 2. The van der Waals surface area contributed by atoms with Crippen LogP contribution < -0.4 is 16.2 Å². The lowest BCUT2D eigenvalue weighted by Crippen LogP contribution is -2.48. The minimum atomic E-state index is -0.955. The summed E-state index contributed by atoms with van der Waals surface area (Å²) in [6.07, 6.45) is 0. The van der Waals surface area contributed by atoms with Gasteiger partial charge < -0.3 is 5.11 Å². The molecule has 0 aliphatic carbocycles. The van der Waals surface area contributed by atoms with E-state index in [0.29, 0.717) is 6.07 Å². The number of carbonyl (C=O) groups excluding carboxylic acids is 2. The van der Waals surface area contributed by atoms with Gasteiger partial charge in [0.05, 0.1) is 21.5 Å². The minimum absolute atomic E-state index is 0.0293. The summed E-state index contributed by atoms with van der Waals surface area (Å²) < 4.78 is 0. The van der Waals surface area contributed by atoms with Crippen LogP contribution in [0.5, 0.6) is 5.75 Å². The molecule has 0 atom stereocenters. The monoisotopic (exact) mass is 405 g/mol. The number of phenols is 1. The molecule has 2 aromatic carbocycles. The van der Waals surface area contributed by atoms with Crippen LogP contribution in [0.15, 0.2) is 42.5 Å². The van der Waals surface area contributed by atoms with E-state index in [9.17, 15) is 34.9 Å². The minimum Gasteiger partial charge on any atom is -0.508 e. The summed E-state index contributed by atoms with van der Waals surface area (Å²) >= 11 is 4.82. The van der Waals surface area contributed by atoms with Gasteiger partial charge in [-0.25, -0.2) is 0 Å². The molecule has 0 saturated heterocycles. The lowest BCUT2D eigenvalue weighted by Gasteiger charge is -2.11. The normalized spacial score (nSPS) is 9.86. The quantitative estimate of drug-likeness (QED) is 0.330. The number of non-ortho nitro benzene ring substituents is 2. The van der Waals surface area contributed by atoms with Crippen molar-refractivity contribution in [2.75, 3.05) is 0 Å². The number of thiocarbonyl (C=S) groups is 1. The number of aromatic hydroxyl groups is 1. The first-order chi connectivity index (χ1) is 13.2. The highest BCUT2D eigenvalue weighted by molar-refractivity contribution is 7.80. The van der Waals surface area contributed by atoms with Crippen molar-refractivity contribution >= 4 is 40.5 Å². The molecule has 28 heavy (non-hydrogen) atoms. The predicted octanol–water partition coefficient (Wildman–Crippen LogP) is 1.16. The Hall–Kier alpha value is -4.13. The molecule has 0 unspecified atom stereocenters. The van der Waals surface area contributed by atoms with Gasteiger partial charge in [0.1, 0.15) is 5.75 Å². The Morgan fingerprint density at radius 1 is 0.857 bits per heavy atom. The highest BCUT2D eigenvalue weighted by Crippen LogP contribution is 2.22. The first-order valence-electron chi connectivity index (χ1n) is 7.32. The predicted molar refractivity (Wildman–Crippen MR) is 98.5 cm³/mol. The van der Waals surface area contributed by atoms with Crippen LogP contribution in [0.1, 0.15) is 20.7 Å². The summed E-state index contributed by atoms with van der Waals surface area (Å²) in [5, 5.41) is 32.7. The Morgan fingerprint density at radius 3 is 1.89 bits per heavy atom. The molecule has 0 radical (unpaired) electrons. The molecule has 0 heterocycles. The molecule has 0 aliphatic heterocycles. The van der Waals surface area contributed by atoms with Crippen molar-refractivity contribution in [3.8, 4) is 5.75 Å². The number of nitrogens with one attached hydrogen (secondary N) is 3. The number of carbonyl (C=O) groups is 2. The zero-order valence-corrected chi connectivity index (χ0v) is 14.6. The molecule has 2 aromatic rings. The first-order valence-corrected chi connectivity index (χ1v) is 7.73. The van der Waals surface area contributed by atoms with Gasteiger partial charge in [0.2, 0.25) is 0 Å². The van der Waals surface area contributed by atoms with E-state index in [1.54, 1.807) is 0 Å². The van der Waals surface area contributed by atoms with Crippen LogP contribution in [0.25, 0.3) is 0 Å². The zero-order valence-electron chi connectivity index (χ0n) is 13.7. The molecule has 0 fully saturated rings. The Balaban J connectivity index is 2.03. The van der Waals surface area contributed by atoms with Gasteiger partial charge in [0, 0.05) is 17.7 Å². The Bertz CT molecular complexity index is 945. The van der Waals surface area contributed by atoms with Crippen molar-refractivity contribution < 1.29 is 24.5 Å². The number of benzene rings is 2. The zero-order chi connectivity index (χ0) is 20.8. The van der Waals surface area contributed by atoms with Crippen LogP contribution >= 0.6 is 12.2 Å². The SMILES string of the molecule is O=C(NNC(=S)NC(=O)c1cc([N+](=O)[O-])cc([N+](=O)[O-])c1)c1ccc(O)cc1. The lowest BCUT2D eigenvalue weighted by molar-refractivity contribution is -0.394. The maximum atomic E-state index is 12.1. The molecule has 0 aromatic heterocycles. The van der Waals surface area contributed by atoms with Gasteiger partial charge in [-0.15, -0.1) is 0 Å². The summed E-state index contributed by atoms with van der Waals surface area (Å²) in [6.45, 7) is 0. The van der Waals surface area contributed by atoms with Crippen LogP contribution in [-0.2, 0) is 0 Å². The highest BCUT2D eigenvalue weighted by atomic mass is 32.1. The molecule has 144 valence electrons. The molecule has 13 heteroatoms. The van der Waals surface area contributed by atoms with Gasteiger partial charge >= 0.3 is 0 Å². The third-order valence-electron chi connectivity index (χ3n) is 3.23. The summed E-state index contributed by atoms with van der Waals surface area (Å²) in [4.78, 5) is 44.0. The number of nitro groups is 2. The molecule has 2 rings (SSSR count). The fraction of sp³-hybridized carbons (Fsp3) is 0. The molecular formula is C15H11N5O7S. The summed E-state index contributed by atoms with van der Waals surface area (Å²) in [5.74, 6) is -1.61. The number of nitrogens with zero attached hydrogens (tertiary/aromatic N) is 2. The molecule has 0 aliphatic rings. The molecule has 0 spiro atoms. The lowest BCUT2D eigenvalue weighted by atomic mass is 10.1. The van der Waals surface area contributed by atoms with Gasteiger partial charge in [-0.3, -0.25) is 46.0 Å². The van der Waals surface area contributed by atoms with E-state index >= 15 is 0 Å². The van der Waals surface area contributed by atoms with Gasteiger partial charge in [0.15, 0.2) is 5.11 Å². The molecule has 4 N–H and O–H groups in total. The van der Waals surface area contributed by atoms with Gasteiger partial charge in [-0.05, 0) is 36.5 Å². The second kappa shape index (κ2) is 8.50. The van der Waals surface area contributed by atoms with E-state index in [4.69, 9.17) is 12.2 Å². The molecule has 12 nitrogen and oxygen atoms in total. The summed E-state index contributed by atoms with van der Waals surface area (Å²) in [5.41, 5.74) is 2.97. The number of phenolic OH excluding ortho intramolecular Hbond substituents is 1. The fourth-order valence-corrected chi connectivity index (χ4v) is 2.09. The Labute approximate surface area is 161 Å². The Morgan fingerprint density at radius 2 is 1.39 bits per heavy atom. The second-order valence-corrected chi connectivity index (χ2v) is 5.57. The highest BCUT2D eigenvalue weighted by Gasteiger charge is 2.20. The van der Waals surface area contributed by atoms with Gasteiger partial charge in [0.25, 0.3) is 23.2 Å². The number of hydrogen-bond donors (Lipinski definition) is 4. The fourth-order valence-electron chi connectivity index (χ4n) is 1.94. The van der Waals surface area contributed by atoms with Crippen molar-refractivity contribution in [3.05, 3.63) is 73.8 Å². The van der Waals surface area contributed by atoms with Crippen LogP contribution in [0, 0.1) is 20.2 Å². The maximum absolute atomic E-state index is 12.1. The largest absolute Gasteiger partial charge is 0.508 e. The van der Waals surface area contributed by atoms with Gasteiger partial charge in [-0.2, -0.15) is 0 Å². The summed E-state index contributed by atoms with van der Waals surface area (Å²) in [7, 11) is 0. The third kappa shape index (κ3) is 5.18. The third-order valence-corrected chi connectivity index (χ3v) is 3.44. The van der Waals surface area contributed by atoms with Crippen LogP contribution in [0.2, 0.25) is 0 Å². The summed E-state index contributed by atoms with van der Waals surface area (Å²) in [6, 6.07) is 7.69. The standard InChI is InChI=1S/C15H11N5O7S/c21-12-3-1-8(2-4-12)14(23)17-18-15(28)16-13(22)9-5-10(19(24)25)7-11(6-9)20(26)27/h1-7,21H,(H,17,23)(H2,16,18,22,28). The van der Waals surface area contributed by atoms with Crippen molar-refractivity contribution in [2.45, 2.75) is 0 Å². The van der Waals surface area contributed by atoms with E-state index in [1.807, 2.05) is 0 Å². The number of rotatable bonds is 4. The second-order valence-electron chi connectivity index (χ2n) is 5.16. The van der Waals surface area contributed by atoms with E-state index < -0.39 is 33.0 Å². The number of hydrogen-bond acceptors (Lipinski definition) is 8. The Kier molecular flexibility index (Phi) is 6.13. The van der Waals surface area contributed by atoms with Crippen molar-refractivity contribution in [2.24, 2.45) is 0 Å². The molecule has 0 bridgehead atoms. The van der Waals surface area contributed by atoms with E-state index in [0.717, 1.165) is 12.1 Å². The topological polar surface area (TPSA) is 177 Å². The molecule has 2 amide bonds. The van der Waals surface area contributed by atoms with Gasteiger partial charge in [-0.1, -0.05) is 0 Å². The van der Waals surface area contributed by atoms with Crippen LogP contribution in [0.3, 0.4) is 0 Å².